The van der Waals surface area contributed by atoms with E-state index in [1.807, 2.05) is 43.6 Å². The molecule has 0 aliphatic heterocycles. The van der Waals surface area contributed by atoms with Crippen molar-refractivity contribution in [2.75, 3.05) is 6.54 Å². The van der Waals surface area contributed by atoms with Gasteiger partial charge in [0.05, 0.1) is 0 Å². The van der Waals surface area contributed by atoms with Crippen LogP contribution in [0.15, 0.2) is 42.7 Å². The molecule has 0 radical (unpaired) electrons. The summed E-state index contributed by atoms with van der Waals surface area (Å²) in [6.45, 7) is 4.80. The highest BCUT2D eigenvalue weighted by Crippen LogP contribution is 2.21. The number of halogens is 1. The third kappa shape index (κ3) is 3.87. The van der Waals surface area contributed by atoms with Crippen molar-refractivity contribution in [1.29, 1.82) is 0 Å². The van der Waals surface area contributed by atoms with Crippen molar-refractivity contribution in [3.05, 3.63) is 65.2 Å². The van der Waals surface area contributed by atoms with Crippen LogP contribution in [0.3, 0.4) is 0 Å². The van der Waals surface area contributed by atoms with Gasteiger partial charge >= 0.3 is 0 Å². The molecule has 1 aromatic carbocycles. The molecule has 0 saturated heterocycles. The summed E-state index contributed by atoms with van der Waals surface area (Å²) in [7, 11) is 0. The second kappa shape index (κ2) is 7.15. The molecule has 0 spiro atoms. The number of pyridine rings is 1. The zero-order valence-corrected chi connectivity index (χ0v) is 12.1. The lowest BCUT2D eigenvalue weighted by Crippen LogP contribution is -2.21. The number of benzene rings is 1. The summed E-state index contributed by atoms with van der Waals surface area (Å²) in [5.74, 6) is -0.141. The van der Waals surface area contributed by atoms with Gasteiger partial charge in [-0.2, -0.15) is 0 Å². The van der Waals surface area contributed by atoms with Gasteiger partial charge in [-0.3, -0.25) is 4.98 Å². The molecule has 0 fully saturated rings. The number of aryl methyl sites for hydroxylation is 2. The van der Waals surface area contributed by atoms with Gasteiger partial charge in [-0.15, -0.1) is 0 Å². The monoisotopic (exact) mass is 272 g/mol. The van der Waals surface area contributed by atoms with Crippen LogP contribution in [-0.4, -0.2) is 11.5 Å². The predicted octanol–water partition coefficient (Wildman–Crippen LogP) is 3.81. The smallest absolute Gasteiger partial charge is 0.126 e. The van der Waals surface area contributed by atoms with Crippen LogP contribution >= 0.6 is 0 Å². The third-order valence-corrected chi connectivity index (χ3v) is 3.51. The minimum atomic E-state index is -0.141. The van der Waals surface area contributed by atoms with E-state index in [4.69, 9.17) is 0 Å². The van der Waals surface area contributed by atoms with Gasteiger partial charge < -0.3 is 5.32 Å². The molecule has 2 nitrogen and oxygen atoms in total. The zero-order chi connectivity index (χ0) is 14.4. The Morgan fingerprint density at radius 3 is 2.60 bits per heavy atom. The Kier molecular flexibility index (Phi) is 5.24. The molecule has 0 aliphatic carbocycles. The molecule has 2 aromatic rings. The largest absolute Gasteiger partial charge is 0.310 e. The number of hydrogen-bond donors (Lipinski definition) is 1. The van der Waals surface area contributed by atoms with Crippen LogP contribution in [0.2, 0.25) is 0 Å². The second-order valence-corrected chi connectivity index (χ2v) is 5.01. The quantitative estimate of drug-likeness (QED) is 0.865. The van der Waals surface area contributed by atoms with Crippen molar-refractivity contribution in [2.24, 2.45) is 0 Å². The van der Waals surface area contributed by atoms with E-state index in [0.29, 0.717) is 5.56 Å². The lowest BCUT2D eigenvalue weighted by molar-refractivity contribution is 0.513. The Morgan fingerprint density at radius 1 is 1.20 bits per heavy atom. The van der Waals surface area contributed by atoms with Crippen molar-refractivity contribution < 1.29 is 4.39 Å². The summed E-state index contributed by atoms with van der Waals surface area (Å²) in [5.41, 5.74) is 3.14. The standard InChI is InChI=1S/C17H21FN2/c1-3-20-17(7-4-14-8-10-19-11-9-14)15-5-6-16(18)13(2)12-15/h5-6,8-12,17,20H,3-4,7H2,1-2H3. The molecule has 0 aliphatic rings. The zero-order valence-electron chi connectivity index (χ0n) is 12.1. The number of nitrogens with zero attached hydrogens (tertiary/aromatic N) is 1. The first-order valence-corrected chi connectivity index (χ1v) is 7.09. The molecule has 2 rings (SSSR count). The molecule has 0 bridgehead atoms. The average Bonchev–Trinajstić information content (AvgIpc) is 2.47. The number of nitrogens with one attached hydrogen (secondary N) is 1. The Labute approximate surface area is 120 Å². The van der Waals surface area contributed by atoms with Gasteiger partial charge in [-0.05, 0) is 61.2 Å². The molecular formula is C17H21FN2. The summed E-state index contributed by atoms with van der Waals surface area (Å²) in [6.07, 6.45) is 5.61. The molecular weight excluding hydrogens is 251 g/mol. The first-order valence-electron chi connectivity index (χ1n) is 7.09. The van der Waals surface area contributed by atoms with Crippen LogP contribution in [0.25, 0.3) is 0 Å². The first-order chi connectivity index (χ1) is 9.70. The van der Waals surface area contributed by atoms with Crippen LogP contribution in [-0.2, 0) is 6.42 Å². The Bertz CT molecular complexity index is 540. The third-order valence-electron chi connectivity index (χ3n) is 3.51. The van der Waals surface area contributed by atoms with E-state index in [1.165, 1.54) is 5.56 Å². The van der Waals surface area contributed by atoms with Gasteiger partial charge in [0.15, 0.2) is 0 Å². The Hall–Kier alpha value is -1.74. The molecule has 1 atom stereocenters. The molecule has 1 unspecified atom stereocenters. The molecule has 3 heteroatoms. The summed E-state index contributed by atoms with van der Waals surface area (Å²) < 4.78 is 13.4. The fraction of sp³-hybridized carbons (Fsp3) is 0.353. The van der Waals surface area contributed by atoms with Crippen molar-refractivity contribution in [2.45, 2.75) is 32.7 Å². The average molecular weight is 272 g/mol. The maximum Gasteiger partial charge on any atom is 0.126 e. The van der Waals surface area contributed by atoms with Gasteiger partial charge in [0.2, 0.25) is 0 Å². The highest BCUT2D eigenvalue weighted by Gasteiger charge is 2.11. The van der Waals surface area contributed by atoms with Gasteiger partial charge in [-0.25, -0.2) is 4.39 Å². The highest BCUT2D eigenvalue weighted by molar-refractivity contribution is 5.27. The van der Waals surface area contributed by atoms with Crippen molar-refractivity contribution >= 4 is 0 Å². The van der Waals surface area contributed by atoms with Gasteiger partial charge in [0.25, 0.3) is 0 Å². The van der Waals surface area contributed by atoms with Gasteiger partial charge in [0, 0.05) is 18.4 Å². The Balaban J connectivity index is 2.08. The maximum absolute atomic E-state index is 13.4. The molecule has 0 amide bonds. The van der Waals surface area contributed by atoms with Crippen LogP contribution in [0.5, 0.6) is 0 Å². The van der Waals surface area contributed by atoms with E-state index in [0.717, 1.165) is 24.9 Å². The van der Waals surface area contributed by atoms with Crippen LogP contribution in [0, 0.1) is 12.7 Å². The maximum atomic E-state index is 13.4. The minimum absolute atomic E-state index is 0.141. The van der Waals surface area contributed by atoms with E-state index in [-0.39, 0.29) is 11.9 Å². The van der Waals surface area contributed by atoms with Crippen LogP contribution in [0.1, 0.15) is 36.1 Å². The fourth-order valence-corrected chi connectivity index (χ4v) is 2.38. The van der Waals surface area contributed by atoms with Crippen molar-refractivity contribution in [3.63, 3.8) is 0 Å². The summed E-state index contributed by atoms with van der Waals surface area (Å²) in [6, 6.07) is 9.71. The molecule has 0 saturated carbocycles. The van der Waals surface area contributed by atoms with Crippen LogP contribution < -0.4 is 5.32 Å². The number of aromatic nitrogens is 1. The SMILES string of the molecule is CCNC(CCc1ccncc1)c1ccc(F)c(C)c1. The van der Waals surface area contributed by atoms with Crippen molar-refractivity contribution in [1.82, 2.24) is 10.3 Å². The van der Waals surface area contributed by atoms with Crippen LogP contribution in [0.4, 0.5) is 4.39 Å². The lowest BCUT2D eigenvalue weighted by atomic mass is 9.98. The summed E-state index contributed by atoms with van der Waals surface area (Å²) in [4.78, 5) is 4.03. The van der Waals surface area contributed by atoms with Gasteiger partial charge in [0.1, 0.15) is 5.82 Å². The lowest BCUT2D eigenvalue weighted by Gasteiger charge is -2.19. The second-order valence-electron chi connectivity index (χ2n) is 5.01. The van der Waals surface area contributed by atoms with E-state index in [2.05, 4.69) is 17.2 Å². The number of rotatable bonds is 6. The first kappa shape index (κ1) is 14.7. The van der Waals surface area contributed by atoms with E-state index < -0.39 is 0 Å². The Morgan fingerprint density at radius 2 is 1.95 bits per heavy atom. The minimum Gasteiger partial charge on any atom is -0.310 e. The van der Waals surface area contributed by atoms with E-state index in [9.17, 15) is 4.39 Å². The van der Waals surface area contributed by atoms with E-state index >= 15 is 0 Å². The predicted molar refractivity (Wildman–Crippen MR) is 80.1 cm³/mol. The molecule has 1 aromatic heterocycles. The molecule has 1 N–H and O–H groups in total. The molecule has 1 heterocycles. The molecule has 20 heavy (non-hydrogen) atoms. The number of hydrogen-bond acceptors (Lipinski definition) is 2. The van der Waals surface area contributed by atoms with Gasteiger partial charge in [-0.1, -0.05) is 19.1 Å². The normalized spacial score (nSPS) is 12.3. The molecule has 106 valence electrons. The van der Waals surface area contributed by atoms with Crippen molar-refractivity contribution in [3.8, 4) is 0 Å². The highest BCUT2D eigenvalue weighted by atomic mass is 19.1. The summed E-state index contributed by atoms with van der Waals surface area (Å²) in [5, 5.41) is 3.48. The fourth-order valence-electron chi connectivity index (χ4n) is 2.38. The topological polar surface area (TPSA) is 24.9 Å². The summed E-state index contributed by atoms with van der Waals surface area (Å²) >= 11 is 0. The van der Waals surface area contributed by atoms with E-state index in [1.54, 1.807) is 6.07 Å².